The summed E-state index contributed by atoms with van der Waals surface area (Å²) in [5.41, 5.74) is 3.01. The molecule has 1 nitrogen and oxygen atoms in total. The lowest BCUT2D eigenvalue weighted by Gasteiger charge is -2.28. The van der Waals surface area contributed by atoms with Crippen LogP contribution in [0.1, 0.15) is 182 Å². The van der Waals surface area contributed by atoms with E-state index in [1.807, 2.05) is 64.5 Å². The van der Waals surface area contributed by atoms with Gasteiger partial charge in [-0.15, -0.1) is 13.2 Å². The van der Waals surface area contributed by atoms with Crippen molar-refractivity contribution in [3.8, 4) is 33.4 Å². The molecule has 438 valence electrons. The van der Waals surface area contributed by atoms with E-state index in [9.17, 15) is 57.1 Å². The van der Waals surface area contributed by atoms with Crippen molar-refractivity contribution in [1.82, 2.24) is 0 Å². The van der Waals surface area contributed by atoms with Crippen LogP contribution >= 0.6 is 15.9 Å². The second kappa shape index (κ2) is 28.4. The molecule has 3 saturated carbocycles. The highest BCUT2D eigenvalue weighted by Gasteiger charge is 2.49. The Morgan fingerprint density at radius 1 is 0.370 bits per heavy atom. The Balaban J connectivity index is 0.000000177. The zero-order valence-electron chi connectivity index (χ0n) is 45.9. The van der Waals surface area contributed by atoms with E-state index < -0.39 is 63.3 Å². The Labute approximate surface area is 476 Å². The number of halogens is 14. The van der Waals surface area contributed by atoms with Gasteiger partial charge in [0.05, 0.1) is 0 Å². The van der Waals surface area contributed by atoms with Crippen LogP contribution in [0.3, 0.4) is 0 Å². The quantitative estimate of drug-likeness (QED) is 0.0735. The Kier molecular flexibility index (Phi) is 22.3. The minimum Gasteiger partial charge on any atom is -0.222 e. The van der Waals surface area contributed by atoms with Gasteiger partial charge in [-0.2, -0.15) is 17.6 Å². The molecule has 0 spiro atoms. The van der Waals surface area contributed by atoms with Gasteiger partial charge in [-0.25, -0.2) is 31.1 Å². The molecule has 0 bridgehead atoms. The molecule has 6 aromatic rings. The number of alkyl halides is 8. The molecule has 0 heterocycles. The maximum atomic E-state index is 14.2. The molecule has 0 unspecified atom stereocenters. The summed E-state index contributed by atoms with van der Waals surface area (Å²) in [6.07, 6.45) is 11.1. The van der Waals surface area contributed by atoms with E-state index in [4.69, 9.17) is 0 Å². The Hall–Kier alpha value is -5.15. The zero-order valence-corrected chi connectivity index (χ0v) is 47.4. The number of hydrogen-bond donors (Lipinski definition) is 0. The summed E-state index contributed by atoms with van der Waals surface area (Å²) in [5.74, 6) is -3.15. The molecule has 0 N–H and O–H groups in total. The van der Waals surface area contributed by atoms with Gasteiger partial charge >= 0.3 is 17.3 Å². The smallest absolute Gasteiger partial charge is 0.222 e. The van der Waals surface area contributed by atoms with Crippen molar-refractivity contribution in [3.05, 3.63) is 178 Å². The molecule has 6 aromatic carbocycles. The Morgan fingerprint density at radius 2 is 0.642 bits per heavy atom. The molecular formula is C66H70BrF13O. The molecule has 3 fully saturated rings. The van der Waals surface area contributed by atoms with Crippen molar-refractivity contribution in [1.29, 1.82) is 0 Å². The fourth-order valence-corrected chi connectivity index (χ4v) is 12.7. The van der Waals surface area contributed by atoms with E-state index in [1.54, 1.807) is 12.1 Å². The predicted octanol–water partition coefficient (Wildman–Crippen LogP) is 23.1. The van der Waals surface area contributed by atoms with Crippen molar-refractivity contribution < 1.29 is 61.8 Å². The first-order valence-electron chi connectivity index (χ1n) is 28.4. The highest BCUT2D eigenvalue weighted by atomic mass is 79.9. The van der Waals surface area contributed by atoms with Crippen molar-refractivity contribution in [2.24, 2.45) is 17.8 Å². The lowest BCUT2D eigenvalue weighted by Crippen LogP contribution is -2.29. The largest absolute Gasteiger partial charge is 0.527 e. The lowest BCUT2D eigenvalue weighted by atomic mass is 9.77. The monoisotopic (exact) mass is 1200 g/mol. The highest BCUT2D eigenvalue weighted by Crippen LogP contribution is 2.44. The first-order chi connectivity index (χ1) is 38.4. The summed E-state index contributed by atoms with van der Waals surface area (Å²) in [6.45, 7) is 6.66. The van der Waals surface area contributed by atoms with Gasteiger partial charge in [0.25, 0.3) is 0 Å². The molecule has 9 rings (SSSR count). The maximum Gasteiger partial charge on any atom is 0.527 e. The van der Waals surface area contributed by atoms with E-state index in [1.165, 1.54) is 113 Å². The molecule has 0 aromatic heterocycles. The molecular weight excluding hydrogens is 1140 g/mol. The van der Waals surface area contributed by atoms with E-state index in [0.29, 0.717) is 46.6 Å². The molecule has 3 aliphatic carbocycles. The van der Waals surface area contributed by atoms with Gasteiger partial charge in [-0.05, 0) is 215 Å². The van der Waals surface area contributed by atoms with E-state index >= 15 is 0 Å². The van der Waals surface area contributed by atoms with E-state index in [0.717, 1.165) is 72.8 Å². The number of benzene rings is 6. The predicted molar refractivity (Wildman–Crippen MR) is 298 cm³/mol. The van der Waals surface area contributed by atoms with Crippen LogP contribution in [-0.2, 0) is 15.7 Å². The summed E-state index contributed by atoms with van der Waals surface area (Å²) < 4.78 is 176. The van der Waals surface area contributed by atoms with Crippen molar-refractivity contribution >= 4 is 15.9 Å². The second-order valence-electron chi connectivity index (χ2n) is 22.2. The minimum atomic E-state index is -5.76. The standard InChI is InChI=1S/C23H23F7O.C22H23BrF4.C21H24F2/c1-2-3-14-4-6-15(7-5-14)16-8-10-17(11-9-16)18-12-19(24)21(20(25)13-18)22(26,27)31-23(28,29)30;1-2-3-14-4-6-15(7-5-14)16-8-10-17(11-9-16)18-12-19(24)21(20(25)13-18)22(23,26)27;1-2-3-15-4-6-16(7-5-15)17-8-10-18(11-9-17)19-12-20(22)14-21(23)13-19/h8-15H,2-7H2,1H3;8-15H,2-7H2,1H3;8-16H,2-7H2,1H3. The SMILES string of the molecule is CCCC1CCC(c2ccc(-c3cc(F)c(C(F)(F)Br)c(F)c3)cc2)CC1.CCCC1CCC(c2ccc(-c3cc(F)c(C(F)(F)OC(F)(F)F)c(F)c3)cc2)CC1.CCCC1CCC(c2ccc(-c3cc(F)cc(F)c3)cc2)CC1. The summed E-state index contributed by atoms with van der Waals surface area (Å²) in [5, 5.41) is 0. The topological polar surface area (TPSA) is 9.23 Å². The van der Waals surface area contributed by atoms with Gasteiger partial charge in [0, 0.05) is 6.07 Å². The zero-order chi connectivity index (χ0) is 58.6. The second-order valence-corrected chi connectivity index (χ2v) is 23.2. The van der Waals surface area contributed by atoms with Crippen LogP contribution in [0.4, 0.5) is 57.1 Å². The van der Waals surface area contributed by atoms with Crippen LogP contribution in [0.5, 0.6) is 0 Å². The van der Waals surface area contributed by atoms with E-state index in [2.05, 4.69) is 37.6 Å². The van der Waals surface area contributed by atoms with E-state index in [-0.39, 0.29) is 11.1 Å². The van der Waals surface area contributed by atoms with Crippen LogP contribution < -0.4 is 0 Å². The third-order valence-corrected chi connectivity index (χ3v) is 16.9. The minimum absolute atomic E-state index is 0.0558. The first-order valence-corrected chi connectivity index (χ1v) is 29.2. The van der Waals surface area contributed by atoms with Crippen molar-refractivity contribution in [2.75, 3.05) is 0 Å². The normalized spacial score (nSPS) is 20.7. The average Bonchev–Trinajstić information content (AvgIpc) is 3.42. The number of rotatable bonds is 15. The van der Waals surface area contributed by atoms with Gasteiger partial charge in [0.1, 0.15) is 46.0 Å². The van der Waals surface area contributed by atoms with Crippen LogP contribution in [0.25, 0.3) is 33.4 Å². The molecule has 3 aliphatic rings. The molecule has 0 saturated heterocycles. The molecule has 81 heavy (non-hydrogen) atoms. The third kappa shape index (κ3) is 17.7. The van der Waals surface area contributed by atoms with Crippen LogP contribution in [-0.4, -0.2) is 6.36 Å². The fraction of sp³-hybridized carbons (Fsp3) is 0.455. The van der Waals surface area contributed by atoms with Crippen LogP contribution in [0.2, 0.25) is 0 Å². The van der Waals surface area contributed by atoms with Crippen LogP contribution in [0.15, 0.2) is 115 Å². The van der Waals surface area contributed by atoms with Crippen LogP contribution in [0, 0.1) is 52.7 Å². The molecule has 0 atom stereocenters. The summed E-state index contributed by atoms with van der Waals surface area (Å²) in [7, 11) is 0. The number of ether oxygens (including phenoxy) is 1. The van der Waals surface area contributed by atoms with Gasteiger partial charge in [0.15, 0.2) is 0 Å². The third-order valence-electron chi connectivity index (χ3n) is 16.5. The lowest BCUT2D eigenvalue weighted by molar-refractivity contribution is -0.432. The van der Waals surface area contributed by atoms with Gasteiger partial charge < -0.3 is 0 Å². The first kappa shape index (κ1) is 63.4. The fourth-order valence-electron chi connectivity index (χ4n) is 12.4. The van der Waals surface area contributed by atoms with Crippen molar-refractivity contribution in [2.45, 2.75) is 171 Å². The van der Waals surface area contributed by atoms with Crippen molar-refractivity contribution in [3.63, 3.8) is 0 Å². The Bertz CT molecular complexity index is 2860. The summed E-state index contributed by atoms with van der Waals surface area (Å²) in [6, 6.07) is 29.5. The van der Waals surface area contributed by atoms with Gasteiger partial charge in [-0.1, -0.05) is 132 Å². The van der Waals surface area contributed by atoms with Gasteiger partial charge in [-0.3, -0.25) is 0 Å². The molecule has 15 heteroatoms. The number of hydrogen-bond acceptors (Lipinski definition) is 1. The Morgan fingerprint density at radius 3 is 0.901 bits per heavy atom. The maximum absolute atomic E-state index is 14.2. The highest BCUT2D eigenvalue weighted by molar-refractivity contribution is 9.09. The average molecular weight is 1210 g/mol. The molecule has 0 amide bonds. The molecule has 0 radical (unpaired) electrons. The summed E-state index contributed by atoms with van der Waals surface area (Å²) >= 11 is 2.02. The summed E-state index contributed by atoms with van der Waals surface area (Å²) in [4.78, 5) is -3.74. The van der Waals surface area contributed by atoms with Gasteiger partial charge in [0.2, 0.25) is 0 Å². The molecule has 0 aliphatic heterocycles.